The second-order valence-corrected chi connectivity index (χ2v) is 7.47. The van der Waals surface area contributed by atoms with Crippen molar-refractivity contribution in [3.05, 3.63) is 48.0 Å². The third kappa shape index (κ3) is 5.70. The van der Waals surface area contributed by atoms with Crippen LogP contribution in [0, 0.1) is 11.3 Å². The third-order valence-corrected chi connectivity index (χ3v) is 5.40. The van der Waals surface area contributed by atoms with Crippen molar-refractivity contribution >= 4 is 11.8 Å². The molecule has 0 amide bonds. The molecule has 0 aliphatic rings. The van der Waals surface area contributed by atoms with Gasteiger partial charge in [-0.15, -0.1) is 10.2 Å². The van der Waals surface area contributed by atoms with E-state index in [1.807, 2.05) is 56.3 Å². The van der Waals surface area contributed by atoms with Crippen LogP contribution in [0.5, 0.6) is 17.2 Å². The highest BCUT2D eigenvalue weighted by Crippen LogP contribution is 2.30. The molecular weight excluding hydrogens is 412 g/mol. The van der Waals surface area contributed by atoms with Crippen LogP contribution in [-0.2, 0) is 13.0 Å². The van der Waals surface area contributed by atoms with Gasteiger partial charge in [-0.1, -0.05) is 17.8 Å². The van der Waals surface area contributed by atoms with Gasteiger partial charge in [-0.25, -0.2) is 0 Å². The van der Waals surface area contributed by atoms with Gasteiger partial charge in [0.1, 0.15) is 5.75 Å². The number of ether oxygens (including phenoxy) is 3. The summed E-state index contributed by atoms with van der Waals surface area (Å²) >= 11 is 1.38. The Hall–Kier alpha value is -3.18. The molecule has 8 heteroatoms. The minimum Gasteiger partial charge on any atom is -0.497 e. The SMILES string of the molecule is CCOc1ccc(CCn2c(SCC#N)nnc2-c2ccc(OC)cc2)cc1OCC. The van der Waals surface area contributed by atoms with Crippen molar-refractivity contribution in [2.75, 3.05) is 26.1 Å². The standard InChI is InChI=1S/C23H26N4O3S/c1-4-29-20-11-6-17(16-21(20)30-5-2)12-14-27-22(25-26-23(27)31-15-13-24)18-7-9-19(28-3)10-8-18/h6-11,16H,4-5,12,14-15H2,1-3H3. The van der Waals surface area contributed by atoms with Crippen molar-refractivity contribution in [2.45, 2.75) is 32.0 Å². The lowest BCUT2D eigenvalue weighted by Gasteiger charge is -2.14. The summed E-state index contributed by atoms with van der Waals surface area (Å²) < 4.78 is 18.7. The van der Waals surface area contributed by atoms with Crippen LogP contribution < -0.4 is 14.2 Å². The zero-order chi connectivity index (χ0) is 22.1. The lowest BCUT2D eigenvalue weighted by Crippen LogP contribution is -2.06. The summed E-state index contributed by atoms with van der Waals surface area (Å²) in [5.74, 6) is 3.37. The molecule has 0 fully saturated rings. The number of benzene rings is 2. The monoisotopic (exact) mass is 438 g/mol. The van der Waals surface area contributed by atoms with E-state index in [1.54, 1.807) is 7.11 Å². The zero-order valence-electron chi connectivity index (χ0n) is 18.0. The van der Waals surface area contributed by atoms with Crippen LogP contribution >= 0.6 is 11.8 Å². The Morgan fingerprint density at radius 3 is 2.42 bits per heavy atom. The Kier molecular flexibility index (Phi) is 8.19. The van der Waals surface area contributed by atoms with Crippen LogP contribution in [-0.4, -0.2) is 40.8 Å². The second-order valence-electron chi connectivity index (χ2n) is 6.53. The van der Waals surface area contributed by atoms with E-state index in [0.29, 0.717) is 25.5 Å². The van der Waals surface area contributed by atoms with Gasteiger partial charge in [-0.2, -0.15) is 5.26 Å². The minimum absolute atomic E-state index is 0.318. The first kappa shape index (κ1) is 22.5. The summed E-state index contributed by atoms with van der Waals surface area (Å²) in [6, 6.07) is 15.9. The molecule has 0 saturated heterocycles. The van der Waals surface area contributed by atoms with Crippen molar-refractivity contribution in [3.63, 3.8) is 0 Å². The highest BCUT2D eigenvalue weighted by Gasteiger charge is 2.15. The van der Waals surface area contributed by atoms with Gasteiger partial charge in [0.15, 0.2) is 22.5 Å². The molecule has 0 unspecified atom stereocenters. The molecule has 0 aliphatic heterocycles. The topological polar surface area (TPSA) is 82.2 Å². The van der Waals surface area contributed by atoms with Crippen LogP contribution in [0.1, 0.15) is 19.4 Å². The smallest absolute Gasteiger partial charge is 0.192 e. The molecule has 162 valence electrons. The fourth-order valence-corrected chi connectivity index (χ4v) is 3.77. The predicted molar refractivity (Wildman–Crippen MR) is 121 cm³/mol. The molecular formula is C23H26N4O3S. The lowest BCUT2D eigenvalue weighted by molar-refractivity contribution is 0.287. The van der Waals surface area contributed by atoms with Crippen molar-refractivity contribution in [2.24, 2.45) is 0 Å². The summed E-state index contributed by atoms with van der Waals surface area (Å²) in [6.45, 7) is 5.74. The highest BCUT2D eigenvalue weighted by molar-refractivity contribution is 7.99. The molecule has 0 aliphatic carbocycles. The van der Waals surface area contributed by atoms with Crippen LogP contribution in [0.25, 0.3) is 11.4 Å². The normalized spacial score (nSPS) is 10.5. The molecule has 2 aromatic carbocycles. The van der Waals surface area contributed by atoms with Gasteiger partial charge in [0.2, 0.25) is 0 Å². The van der Waals surface area contributed by atoms with Crippen LogP contribution in [0.15, 0.2) is 47.6 Å². The Bertz CT molecular complexity index is 1030. The number of aromatic nitrogens is 3. The van der Waals surface area contributed by atoms with E-state index in [9.17, 15) is 0 Å². The molecule has 0 radical (unpaired) electrons. The number of aryl methyl sites for hydroxylation is 1. The van der Waals surface area contributed by atoms with Crippen LogP contribution in [0.3, 0.4) is 0 Å². The first-order chi connectivity index (χ1) is 15.2. The summed E-state index contributed by atoms with van der Waals surface area (Å²) in [6.07, 6.45) is 0.758. The van der Waals surface area contributed by atoms with Gasteiger partial charge >= 0.3 is 0 Å². The summed E-state index contributed by atoms with van der Waals surface area (Å²) in [7, 11) is 1.64. The molecule has 1 heterocycles. The number of thioether (sulfide) groups is 1. The van der Waals surface area contributed by atoms with E-state index in [1.165, 1.54) is 11.8 Å². The fourth-order valence-electron chi connectivity index (χ4n) is 3.14. The molecule has 1 aromatic heterocycles. The minimum atomic E-state index is 0.318. The molecule has 7 nitrogen and oxygen atoms in total. The number of methoxy groups -OCH3 is 1. The fraction of sp³-hybridized carbons (Fsp3) is 0.348. The van der Waals surface area contributed by atoms with E-state index in [2.05, 4.69) is 20.8 Å². The second kappa shape index (κ2) is 11.3. The van der Waals surface area contributed by atoms with E-state index in [0.717, 1.165) is 45.8 Å². The third-order valence-electron chi connectivity index (χ3n) is 4.56. The number of rotatable bonds is 11. The molecule has 0 saturated carbocycles. The van der Waals surface area contributed by atoms with Crippen LogP contribution in [0.2, 0.25) is 0 Å². The predicted octanol–water partition coefficient (Wildman–Crippen LogP) is 4.61. The summed E-state index contributed by atoms with van der Waals surface area (Å²) in [5.41, 5.74) is 2.07. The lowest BCUT2D eigenvalue weighted by atomic mass is 10.1. The van der Waals surface area contributed by atoms with E-state index < -0.39 is 0 Å². The van der Waals surface area contributed by atoms with Gasteiger partial charge < -0.3 is 18.8 Å². The summed E-state index contributed by atoms with van der Waals surface area (Å²) in [4.78, 5) is 0. The average Bonchev–Trinajstić information content (AvgIpc) is 3.20. The molecule has 0 atom stereocenters. The highest BCUT2D eigenvalue weighted by atomic mass is 32.2. The molecule has 3 aromatic rings. The number of hydrogen-bond donors (Lipinski definition) is 0. The Morgan fingerprint density at radius 2 is 1.74 bits per heavy atom. The van der Waals surface area contributed by atoms with E-state index >= 15 is 0 Å². The largest absolute Gasteiger partial charge is 0.497 e. The van der Waals surface area contributed by atoms with Crippen molar-refractivity contribution in [3.8, 4) is 34.7 Å². The van der Waals surface area contributed by atoms with Gasteiger partial charge in [-0.3, -0.25) is 0 Å². The molecule has 0 N–H and O–H groups in total. The first-order valence-corrected chi connectivity index (χ1v) is 11.1. The molecule has 0 bridgehead atoms. The van der Waals surface area contributed by atoms with Gasteiger partial charge in [0, 0.05) is 12.1 Å². The zero-order valence-corrected chi connectivity index (χ0v) is 18.8. The maximum atomic E-state index is 8.99. The summed E-state index contributed by atoms with van der Waals surface area (Å²) in [5, 5.41) is 18.4. The van der Waals surface area contributed by atoms with Gasteiger partial charge in [-0.05, 0) is 62.2 Å². The van der Waals surface area contributed by atoms with Gasteiger partial charge in [0.25, 0.3) is 0 Å². The van der Waals surface area contributed by atoms with Crippen LogP contribution in [0.4, 0.5) is 0 Å². The first-order valence-electron chi connectivity index (χ1n) is 10.2. The maximum Gasteiger partial charge on any atom is 0.192 e. The average molecular weight is 439 g/mol. The number of nitrogens with zero attached hydrogens (tertiary/aromatic N) is 4. The quantitative estimate of drug-likeness (QED) is 0.404. The molecule has 31 heavy (non-hydrogen) atoms. The van der Waals surface area contributed by atoms with Gasteiger partial charge in [0.05, 0.1) is 32.1 Å². The van der Waals surface area contributed by atoms with E-state index in [-0.39, 0.29) is 0 Å². The number of nitriles is 1. The molecule has 0 spiro atoms. The Balaban J connectivity index is 1.86. The number of hydrogen-bond acceptors (Lipinski definition) is 7. The Labute approximate surface area is 187 Å². The maximum absolute atomic E-state index is 8.99. The van der Waals surface area contributed by atoms with E-state index in [4.69, 9.17) is 19.5 Å². The van der Waals surface area contributed by atoms with Crippen molar-refractivity contribution < 1.29 is 14.2 Å². The molecule has 3 rings (SSSR count). The van der Waals surface area contributed by atoms with Crippen molar-refractivity contribution in [1.82, 2.24) is 14.8 Å². The Morgan fingerprint density at radius 1 is 1.00 bits per heavy atom. The van der Waals surface area contributed by atoms with Crippen molar-refractivity contribution in [1.29, 1.82) is 5.26 Å².